The molecule has 1 aliphatic rings. The molecule has 1 saturated heterocycles. The van der Waals surface area contributed by atoms with Gasteiger partial charge in [0.15, 0.2) is 0 Å². The Morgan fingerprint density at radius 3 is 2.18 bits per heavy atom. The molecule has 1 unspecified atom stereocenters. The molecule has 1 rings (SSSR count). The molecule has 0 aromatic rings. The van der Waals surface area contributed by atoms with Crippen molar-refractivity contribution in [3.05, 3.63) is 0 Å². The van der Waals surface area contributed by atoms with Gasteiger partial charge in [0.1, 0.15) is 0 Å². The molecule has 0 aliphatic carbocycles. The molecule has 0 saturated carbocycles. The zero-order valence-corrected chi connectivity index (χ0v) is 12.1. The number of nitrogens with two attached hydrogens (primary N) is 1. The van der Waals surface area contributed by atoms with Crippen molar-refractivity contribution in [2.75, 3.05) is 47.5 Å². The standard InChI is InChI=1S/C10H25N3O3Si/c1-14-17(15-2,16-3)9-4-10(11)13-7-5-12-6-8-13/h10,12H,4-9,11H2,1-3H3. The van der Waals surface area contributed by atoms with Crippen molar-refractivity contribution in [3.8, 4) is 0 Å². The Hall–Kier alpha value is -0.0231. The predicted molar refractivity (Wildman–Crippen MR) is 68.6 cm³/mol. The van der Waals surface area contributed by atoms with Crippen LogP contribution in [0, 0.1) is 0 Å². The van der Waals surface area contributed by atoms with Crippen LogP contribution in [0.15, 0.2) is 0 Å². The molecular formula is C10H25N3O3Si. The average molecular weight is 263 g/mol. The molecule has 1 aliphatic heterocycles. The van der Waals surface area contributed by atoms with Gasteiger partial charge in [0, 0.05) is 53.6 Å². The first-order chi connectivity index (χ1) is 8.17. The van der Waals surface area contributed by atoms with Gasteiger partial charge in [-0.2, -0.15) is 0 Å². The first-order valence-electron chi connectivity index (χ1n) is 6.03. The zero-order valence-electron chi connectivity index (χ0n) is 11.1. The highest BCUT2D eigenvalue weighted by molar-refractivity contribution is 6.60. The third kappa shape index (κ3) is 4.29. The summed E-state index contributed by atoms with van der Waals surface area (Å²) in [6.07, 6.45) is 0.895. The summed E-state index contributed by atoms with van der Waals surface area (Å²) in [5.41, 5.74) is 6.17. The normalized spacial score (nSPS) is 20.5. The second-order valence-corrected chi connectivity index (χ2v) is 7.28. The monoisotopic (exact) mass is 263 g/mol. The van der Waals surface area contributed by atoms with Crippen LogP contribution in [-0.2, 0) is 13.3 Å². The van der Waals surface area contributed by atoms with Gasteiger partial charge in [-0.15, -0.1) is 0 Å². The number of piperazine rings is 1. The first kappa shape index (κ1) is 15.0. The molecule has 1 fully saturated rings. The van der Waals surface area contributed by atoms with Crippen LogP contribution in [0.1, 0.15) is 6.42 Å². The third-order valence-corrected chi connectivity index (χ3v) is 6.07. The van der Waals surface area contributed by atoms with Gasteiger partial charge < -0.3 is 24.3 Å². The maximum atomic E-state index is 6.17. The van der Waals surface area contributed by atoms with Crippen molar-refractivity contribution in [2.24, 2.45) is 5.73 Å². The molecule has 1 heterocycles. The van der Waals surface area contributed by atoms with Gasteiger partial charge in [-0.25, -0.2) is 0 Å². The molecule has 0 bridgehead atoms. The van der Waals surface area contributed by atoms with E-state index in [-0.39, 0.29) is 6.17 Å². The SMILES string of the molecule is CO[Si](CCC(N)N1CCNCC1)(OC)OC. The summed E-state index contributed by atoms with van der Waals surface area (Å²) in [6.45, 7) is 4.02. The van der Waals surface area contributed by atoms with Crippen molar-refractivity contribution < 1.29 is 13.3 Å². The van der Waals surface area contributed by atoms with Crippen LogP contribution >= 0.6 is 0 Å². The Morgan fingerprint density at radius 1 is 1.18 bits per heavy atom. The van der Waals surface area contributed by atoms with Crippen LogP contribution in [0.2, 0.25) is 6.04 Å². The fraction of sp³-hybridized carbons (Fsp3) is 1.00. The van der Waals surface area contributed by atoms with Crippen molar-refractivity contribution >= 4 is 8.80 Å². The van der Waals surface area contributed by atoms with E-state index in [9.17, 15) is 0 Å². The van der Waals surface area contributed by atoms with Crippen molar-refractivity contribution in [1.82, 2.24) is 10.2 Å². The van der Waals surface area contributed by atoms with Gasteiger partial charge >= 0.3 is 8.80 Å². The first-order valence-corrected chi connectivity index (χ1v) is 7.96. The largest absolute Gasteiger partial charge is 0.500 e. The van der Waals surface area contributed by atoms with Gasteiger partial charge in [0.25, 0.3) is 0 Å². The highest BCUT2D eigenvalue weighted by atomic mass is 28.4. The molecule has 0 amide bonds. The topological polar surface area (TPSA) is 69.0 Å². The second-order valence-electron chi connectivity index (χ2n) is 4.19. The molecule has 0 radical (unpaired) electrons. The van der Waals surface area contributed by atoms with Crippen LogP contribution in [0.3, 0.4) is 0 Å². The van der Waals surface area contributed by atoms with Gasteiger partial charge in [-0.1, -0.05) is 0 Å². The lowest BCUT2D eigenvalue weighted by molar-refractivity contribution is 0.114. The van der Waals surface area contributed by atoms with E-state index in [0.29, 0.717) is 0 Å². The van der Waals surface area contributed by atoms with E-state index < -0.39 is 8.80 Å². The number of hydrogen-bond acceptors (Lipinski definition) is 6. The van der Waals surface area contributed by atoms with Gasteiger partial charge in [-0.05, 0) is 6.42 Å². The molecule has 7 heteroatoms. The maximum Gasteiger partial charge on any atom is 0.500 e. The molecular weight excluding hydrogens is 238 g/mol. The second kappa shape index (κ2) is 7.42. The average Bonchev–Trinajstić information content (AvgIpc) is 2.41. The lowest BCUT2D eigenvalue weighted by atomic mass is 10.3. The van der Waals surface area contributed by atoms with Crippen molar-refractivity contribution in [1.29, 1.82) is 0 Å². The summed E-state index contributed by atoms with van der Waals surface area (Å²) in [4.78, 5) is 2.29. The summed E-state index contributed by atoms with van der Waals surface area (Å²) in [7, 11) is 2.44. The Balaban J connectivity index is 2.37. The number of nitrogens with one attached hydrogen (secondary N) is 1. The Bertz CT molecular complexity index is 203. The van der Waals surface area contributed by atoms with E-state index in [1.165, 1.54) is 0 Å². The molecule has 17 heavy (non-hydrogen) atoms. The van der Waals surface area contributed by atoms with Crippen LogP contribution in [-0.4, -0.2) is 67.4 Å². The summed E-state index contributed by atoms with van der Waals surface area (Å²) in [6, 6.07) is 0.752. The van der Waals surface area contributed by atoms with Crippen LogP contribution < -0.4 is 11.1 Å². The third-order valence-electron chi connectivity index (χ3n) is 3.30. The number of rotatable bonds is 7. The Morgan fingerprint density at radius 2 is 1.71 bits per heavy atom. The van der Waals surface area contributed by atoms with Crippen LogP contribution in [0.5, 0.6) is 0 Å². The highest BCUT2D eigenvalue weighted by Crippen LogP contribution is 2.17. The van der Waals surface area contributed by atoms with E-state index >= 15 is 0 Å². The molecule has 6 nitrogen and oxygen atoms in total. The minimum atomic E-state index is -2.47. The Labute approximate surface area is 105 Å². The quantitative estimate of drug-likeness (QED) is 0.600. The van der Waals surface area contributed by atoms with E-state index in [1.807, 2.05) is 0 Å². The highest BCUT2D eigenvalue weighted by Gasteiger charge is 2.38. The van der Waals surface area contributed by atoms with Crippen LogP contribution in [0.4, 0.5) is 0 Å². The van der Waals surface area contributed by atoms with Crippen LogP contribution in [0.25, 0.3) is 0 Å². The summed E-state index contributed by atoms with van der Waals surface area (Å²) < 4.78 is 16.1. The van der Waals surface area contributed by atoms with Gasteiger partial charge in [0.05, 0.1) is 6.17 Å². The molecule has 0 aromatic carbocycles. The van der Waals surface area contributed by atoms with E-state index in [4.69, 9.17) is 19.0 Å². The Kier molecular flexibility index (Phi) is 6.56. The minimum Gasteiger partial charge on any atom is -0.377 e. The minimum absolute atomic E-state index is 0.0597. The smallest absolute Gasteiger partial charge is 0.377 e. The molecule has 1 atom stereocenters. The summed E-state index contributed by atoms with van der Waals surface area (Å²) >= 11 is 0. The fourth-order valence-corrected chi connectivity index (χ4v) is 3.84. The van der Waals surface area contributed by atoms with Crippen molar-refractivity contribution in [2.45, 2.75) is 18.6 Å². The summed E-state index contributed by atoms with van der Waals surface area (Å²) in [5.74, 6) is 0. The van der Waals surface area contributed by atoms with Gasteiger partial charge in [0.2, 0.25) is 0 Å². The molecule has 0 spiro atoms. The number of hydrogen-bond donors (Lipinski definition) is 2. The predicted octanol–water partition coefficient (Wildman–Crippen LogP) is -0.555. The fourth-order valence-electron chi connectivity index (χ4n) is 2.08. The summed E-state index contributed by atoms with van der Waals surface area (Å²) in [5, 5.41) is 3.31. The molecule has 0 aromatic heterocycles. The lowest BCUT2D eigenvalue weighted by Crippen LogP contribution is -2.53. The number of nitrogens with zero attached hydrogens (tertiary/aromatic N) is 1. The van der Waals surface area contributed by atoms with E-state index in [0.717, 1.165) is 38.6 Å². The van der Waals surface area contributed by atoms with Gasteiger partial charge in [-0.3, -0.25) is 4.90 Å². The lowest BCUT2D eigenvalue weighted by Gasteiger charge is -2.34. The molecule has 102 valence electrons. The van der Waals surface area contributed by atoms with E-state index in [1.54, 1.807) is 21.3 Å². The van der Waals surface area contributed by atoms with Crippen molar-refractivity contribution in [3.63, 3.8) is 0 Å². The maximum absolute atomic E-state index is 6.17. The zero-order chi connectivity index (χ0) is 12.7. The molecule has 3 N–H and O–H groups in total. The van der Waals surface area contributed by atoms with E-state index in [2.05, 4.69) is 10.2 Å².